The Hall–Kier alpha value is -1.52. The number of rotatable bonds is 5. The fraction of sp³-hybridized carbons (Fsp3) is 0.353. The van der Waals surface area contributed by atoms with E-state index in [2.05, 4.69) is 28.2 Å². The van der Waals surface area contributed by atoms with Crippen LogP contribution < -0.4 is 10.1 Å². The van der Waals surface area contributed by atoms with Crippen molar-refractivity contribution in [1.29, 1.82) is 0 Å². The van der Waals surface area contributed by atoms with Gasteiger partial charge in [0.2, 0.25) is 5.91 Å². The standard InChI is InChI=1S/C17H18ClNO2S/c1-2-3-16(20)19-9-14-7-13-6-12(11-4-5-22-10-11)8-15(18)17(13)21-14/h4-6,8,10,14H,2-3,7,9H2,1H3,(H,19,20). The van der Waals surface area contributed by atoms with Crippen LogP contribution in [-0.4, -0.2) is 18.6 Å². The van der Waals surface area contributed by atoms with Crippen molar-refractivity contribution in [2.45, 2.75) is 32.3 Å². The van der Waals surface area contributed by atoms with E-state index in [1.54, 1.807) is 11.3 Å². The third-order valence-electron chi connectivity index (χ3n) is 3.71. The van der Waals surface area contributed by atoms with Crippen LogP contribution in [0.4, 0.5) is 0 Å². The highest BCUT2D eigenvalue weighted by Gasteiger charge is 2.26. The predicted octanol–water partition coefficient (Wildman–Crippen LogP) is 4.29. The molecule has 0 radical (unpaired) electrons. The molecule has 1 atom stereocenters. The highest BCUT2D eigenvalue weighted by atomic mass is 35.5. The molecule has 22 heavy (non-hydrogen) atoms. The number of fused-ring (bicyclic) bond motifs is 1. The van der Waals surface area contributed by atoms with E-state index in [0.717, 1.165) is 29.7 Å². The van der Waals surface area contributed by atoms with Crippen LogP contribution in [0.3, 0.4) is 0 Å². The second-order valence-corrected chi connectivity index (χ2v) is 6.64. The van der Waals surface area contributed by atoms with Crippen LogP contribution in [0, 0.1) is 0 Å². The van der Waals surface area contributed by atoms with E-state index in [-0.39, 0.29) is 12.0 Å². The maximum atomic E-state index is 11.6. The molecule has 3 rings (SSSR count). The SMILES string of the molecule is CCCC(=O)NCC1Cc2cc(-c3ccsc3)cc(Cl)c2O1. The monoisotopic (exact) mass is 335 g/mol. The van der Waals surface area contributed by atoms with E-state index in [1.165, 1.54) is 5.56 Å². The summed E-state index contributed by atoms with van der Waals surface area (Å²) in [6.07, 6.45) is 2.15. The molecule has 0 bridgehead atoms. The molecule has 1 amide bonds. The maximum Gasteiger partial charge on any atom is 0.220 e. The minimum Gasteiger partial charge on any atom is -0.486 e. The number of hydrogen-bond donors (Lipinski definition) is 1. The Labute approximate surface area is 139 Å². The van der Waals surface area contributed by atoms with Crippen molar-refractivity contribution in [3.63, 3.8) is 0 Å². The molecule has 0 fully saturated rings. The highest BCUT2D eigenvalue weighted by Crippen LogP contribution is 2.39. The molecule has 1 unspecified atom stereocenters. The zero-order chi connectivity index (χ0) is 15.5. The third-order valence-corrected chi connectivity index (χ3v) is 4.68. The Morgan fingerprint density at radius 2 is 2.32 bits per heavy atom. The molecule has 3 nitrogen and oxygen atoms in total. The highest BCUT2D eigenvalue weighted by molar-refractivity contribution is 7.08. The average Bonchev–Trinajstić information content (AvgIpc) is 3.14. The zero-order valence-electron chi connectivity index (χ0n) is 12.4. The fourth-order valence-electron chi connectivity index (χ4n) is 2.64. The van der Waals surface area contributed by atoms with Gasteiger partial charge in [-0.15, -0.1) is 0 Å². The summed E-state index contributed by atoms with van der Waals surface area (Å²) in [5, 5.41) is 7.72. The molecule has 1 N–H and O–H groups in total. The van der Waals surface area contributed by atoms with Gasteiger partial charge in [0.05, 0.1) is 11.6 Å². The molecule has 116 valence electrons. The van der Waals surface area contributed by atoms with E-state index in [4.69, 9.17) is 16.3 Å². The Kier molecular flexibility index (Phi) is 4.69. The minimum atomic E-state index is -0.0361. The fourth-order valence-corrected chi connectivity index (χ4v) is 3.59. The topological polar surface area (TPSA) is 38.3 Å². The lowest BCUT2D eigenvalue weighted by Gasteiger charge is -2.12. The number of carbonyl (C=O) groups excluding carboxylic acids is 1. The largest absolute Gasteiger partial charge is 0.486 e. The van der Waals surface area contributed by atoms with Gasteiger partial charge in [0.1, 0.15) is 11.9 Å². The van der Waals surface area contributed by atoms with Crippen LogP contribution in [0.5, 0.6) is 5.75 Å². The van der Waals surface area contributed by atoms with E-state index < -0.39 is 0 Å². The third kappa shape index (κ3) is 3.28. The maximum absolute atomic E-state index is 11.6. The lowest BCUT2D eigenvalue weighted by Crippen LogP contribution is -2.34. The van der Waals surface area contributed by atoms with Gasteiger partial charge < -0.3 is 10.1 Å². The number of nitrogens with one attached hydrogen (secondary N) is 1. The normalized spacial score (nSPS) is 16.2. The van der Waals surface area contributed by atoms with E-state index in [9.17, 15) is 4.79 Å². The number of amides is 1. The van der Waals surface area contributed by atoms with Crippen LogP contribution in [-0.2, 0) is 11.2 Å². The van der Waals surface area contributed by atoms with Gasteiger partial charge in [0, 0.05) is 18.4 Å². The summed E-state index contributed by atoms with van der Waals surface area (Å²) in [5.41, 5.74) is 3.40. The molecule has 0 saturated heterocycles. The summed E-state index contributed by atoms with van der Waals surface area (Å²) in [6.45, 7) is 2.52. The van der Waals surface area contributed by atoms with Crippen molar-refractivity contribution in [1.82, 2.24) is 5.32 Å². The first-order valence-electron chi connectivity index (χ1n) is 7.45. The molecule has 2 heterocycles. The average molecular weight is 336 g/mol. The smallest absolute Gasteiger partial charge is 0.220 e. The van der Waals surface area contributed by atoms with Gasteiger partial charge in [-0.2, -0.15) is 11.3 Å². The second-order valence-electron chi connectivity index (χ2n) is 5.46. The first-order valence-corrected chi connectivity index (χ1v) is 8.77. The second kappa shape index (κ2) is 6.71. The molecule has 0 saturated carbocycles. The van der Waals surface area contributed by atoms with Gasteiger partial charge >= 0.3 is 0 Å². The van der Waals surface area contributed by atoms with Crippen molar-refractivity contribution in [2.24, 2.45) is 0 Å². The number of carbonyl (C=O) groups is 1. The quantitative estimate of drug-likeness (QED) is 0.885. The summed E-state index contributed by atoms with van der Waals surface area (Å²) < 4.78 is 5.89. The molecule has 1 aromatic heterocycles. The Balaban J connectivity index is 1.70. The van der Waals surface area contributed by atoms with Gasteiger partial charge in [0.25, 0.3) is 0 Å². The summed E-state index contributed by atoms with van der Waals surface area (Å²) in [6, 6.07) is 6.17. The molecule has 5 heteroatoms. The number of hydrogen-bond acceptors (Lipinski definition) is 3. The first-order chi connectivity index (χ1) is 10.7. The van der Waals surface area contributed by atoms with Crippen LogP contribution in [0.25, 0.3) is 11.1 Å². The summed E-state index contributed by atoms with van der Waals surface area (Å²) in [5.74, 6) is 0.836. The molecule has 1 aliphatic rings. The van der Waals surface area contributed by atoms with Crippen LogP contribution >= 0.6 is 22.9 Å². The lowest BCUT2D eigenvalue weighted by atomic mass is 10.0. The lowest BCUT2D eigenvalue weighted by molar-refractivity contribution is -0.121. The van der Waals surface area contributed by atoms with Gasteiger partial charge in [-0.3, -0.25) is 4.79 Å². The summed E-state index contributed by atoms with van der Waals surface area (Å²) in [4.78, 5) is 11.6. The molecule has 2 aromatic rings. The van der Waals surface area contributed by atoms with E-state index >= 15 is 0 Å². The number of benzene rings is 1. The number of ether oxygens (including phenoxy) is 1. The van der Waals surface area contributed by atoms with Crippen LogP contribution in [0.2, 0.25) is 5.02 Å². The van der Waals surface area contributed by atoms with Gasteiger partial charge in [-0.25, -0.2) is 0 Å². The Bertz CT molecular complexity index is 670. The van der Waals surface area contributed by atoms with E-state index in [1.807, 2.05) is 13.0 Å². The number of thiophene rings is 1. The molecular formula is C17H18ClNO2S. The van der Waals surface area contributed by atoms with Crippen molar-refractivity contribution in [2.75, 3.05) is 6.54 Å². The minimum absolute atomic E-state index is 0.0361. The van der Waals surface area contributed by atoms with Crippen molar-refractivity contribution in [3.05, 3.63) is 39.5 Å². The number of halogens is 1. The van der Waals surface area contributed by atoms with Gasteiger partial charge in [-0.05, 0) is 46.5 Å². The van der Waals surface area contributed by atoms with Crippen molar-refractivity contribution in [3.8, 4) is 16.9 Å². The van der Waals surface area contributed by atoms with Gasteiger partial charge in [0.15, 0.2) is 0 Å². The molecule has 1 aromatic carbocycles. The molecule has 0 spiro atoms. The van der Waals surface area contributed by atoms with Gasteiger partial charge in [-0.1, -0.05) is 18.5 Å². The molecular weight excluding hydrogens is 318 g/mol. The molecule has 1 aliphatic heterocycles. The van der Waals surface area contributed by atoms with E-state index in [0.29, 0.717) is 18.0 Å². The molecule has 0 aliphatic carbocycles. The zero-order valence-corrected chi connectivity index (χ0v) is 14.0. The first kappa shape index (κ1) is 15.4. The predicted molar refractivity (Wildman–Crippen MR) is 90.8 cm³/mol. The summed E-state index contributed by atoms with van der Waals surface area (Å²) in [7, 11) is 0. The Morgan fingerprint density at radius 1 is 1.45 bits per heavy atom. The van der Waals surface area contributed by atoms with Crippen molar-refractivity contribution < 1.29 is 9.53 Å². The van der Waals surface area contributed by atoms with Crippen molar-refractivity contribution >= 4 is 28.8 Å². The summed E-state index contributed by atoms with van der Waals surface area (Å²) >= 11 is 8.03. The Morgan fingerprint density at radius 3 is 3.05 bits per heavy atom. The van der Waals surface area contributed by atoms with Crippen LogP contribution in [0.15, 0.2) is 29.0 Å². The van der Waals surface area contributed by atoms with Crippen LogP contribution in [0.1, 0.15) is 25.3 Å².